The number of carbonyl (C=O) groups excluding carboxylic acids is 2. The summed E-state index contributed by atoms with van der Waals surface area (Å²) in [6.07, 6.45) is 3.52. The van der Waals surface area contributed by atoms with E-state index in [1.165, 1.54) is 11.1 Å². The first-order valence-electron chi connectivity index (χ1n) is 16.6. The number of rotatable bonds is 13. The van der Waals surface area contributed by atoms with Crippen LogP contribution in [-0.2, 0) is 22.4 Å². The van der Waals surface area contributed by atoms with Crippen LogP contribution in [0.2, 0.25) is 0 Å². The fourth-order valence-electron chi connectivity index (χ4n) is 6.11. The van der Waals surface area contributed by atoms with Crippen LogP contribution in [0, 0.1) is 45.5 Å². The Hall–Kier alpha value is -3.22. The van der Waals surface area contributed by atoms with Crippen LogP contribution in [0.3, 0.4) is 0 Å². The zero-order valence-corrected chi connectivity index (χ0v) is 28.4. The second-order valence-corrected chi connectivity index (χ2v) is 13.1. The van der Waals surface area contributed by atoms with Gasteiger partial charge in [0.2, 0.25) is 11.8 Å². The van der Waals surface area contributed by atoms with E-state index in [9.17, 15) is 9.59 Å². The first kappa shape index (κ1) is 36.3. The van der Waals surface area contributed by atoms with Gasteiger partial charge in [0.15, 0.2) is 0 Å². The second-order valence-electron chi connectivity index (χ2n) is 13.1. The Balaban J connectivity index is 1.86. The van der Waals surface area contributed by atoms with Crippen molar-refractivity contribution in [1.82, 2.24) is 15.1 Å². The molecule has 246 valence electrons. The lowest BCUT2D eigenvalue weighted by atomic mass is 9.95. The van der Waals surface area contributed by atoms with E-state index < -0.39 is 18.1 Å². The minimum Gasteiger partial charge on any atom is -0.333 e. The summed E-state index contributed by atoms with van der Waals surface area (Å²) in [6, 6.07) is 10.5. The van der Waals surface area contributed by atoms with Crippen molar-refractivity contribution in [3.05, 3.63) is 69.8 Å². The minimum atomic E-state index is -0.704. The van der Waals surface area contributed by atoms with Crippen LogP contribution in [0.5, 0.6) is 0 Å². The Morgan fingerprint density at radius 1 is 0.844 bits per heavy atom. The van der Waals surface area contributed by atoms with E-state index in [-0.39, 0.29) is 23.8 Å². The zero-order valence-electron chi connectivity index (χ0n) is 28.4. The Morgan fingerprint density at radius 3 is 1.91 bits per heavy atom. The molecule has 4 atom stereocenters. The molecule has 2 aromatic carbocycles. The highest BCUT2D eigenvalue weighted by atomic mass is 16.2. The van der Waals surface area contributed by atoms with Crippen molar-refractivity contribution < 1.29 is 9.59 Å². The van der Waals surface area contributed by atoms with Crippen LogP contribution >= 0.6 is 0 Å². The SMILES string of the molecule is Cc1ccc(C[C@@H](N)C(=O)N2C[C@H](CCCCNCCN)N(C(=O)[C@@H](N)Cc3ccc(C)cc3C)C[C@H]2C#CC(C)C)c(C)c1. The number of benzene rings is 2. The summed E-state index contributed by atoms with van der Waals surface area (Å²) in [5.74, 6) is 6.50. The summed E-state index contributed by atoms with van der Waals surface area (Å²) in [7, 11) is 0. The van der Waals surface area contributed by atoms with Gasteiger partial charge in [0, 0.05) is 31.6 Å². The van der Waals surface area contributed by atoms with Crippen molar-refractivity contribution in [2.45, 2.75) is 97.8 Å². The molecule has 1 aliphatic heterocycles. The molecule has 0 saturated carbocycles. The van der Waals surface area contributed by atoms with Crippen molar-refractivity contribution in [3.8, 4) is 11.8 Å². The maximum atomic E-state index is 14.1. The van der Waals surface area contributed by atoms with Crippen LogP contribution in [-0.4, -0.2) is 78.5 Å². The van der Waals surface area contributed by atoms with E-state index in [0.717, 1.165) is 54.6 Å². The molecule has 0 radical (unpaired) electrons. The minimum absolute atomic E-state index is 0.0933. The van der Waals surface area contributed by atoms with Crippen molar-refractivity contribution in [2.75, 3.05) is 32.7 Å². The van der Waals surface area contributed by atoms with Gasteiger partial charge in [0.1, 0.15) is 6.04 Å². The van der Waals surface area contributed by atoms with Crippen molar-refractivity contribution in [1.29, 1.82) is 0 Å². The summed E-state index contributed by atoms with van der Waals surface area (Å²) >= 11 is 0. The standard InChI is InChI=1S/C37H56N6O2/c1-25(2)10-15-33-24-42(36(44)34(39)21-30-13-11-26(3)19-28(30)5)32(9-7-8-17-41-18-16-38)23-43(33)37(45)35(40)22-31-14-12-27(4)20-29(31)6/h11-14,19-20,25,32-35,41H,7-9,16-18,21-24,38-40H2,1-6H3/t32-,33+,34-,35+/m0/s1. The van der Waals surface area contributed by atoms with E-state index >= 15 is 0 Å². The lowest BCUT2D eigenvalue weighted by Crippen LogP contribution is -2.65. The predicted octanol–water partition coefficient (Wildman–Crippen LogP) is 3.15. The highest BCUT2D eigenvalue weighted by Crippen LogP contribution is 2.24. The highest BCUT2D eigenvalue weighted by molar-refractivity contribution is 5.85. The topological polar surface area (TPSA) is 131 Å². The lowest BCUT2D eigenvalue weighted by Gasteiger charge is -2.46. The molecule has 45 heavy (non-hydrogen) atoms. The number of hydrogen-bond acceptors (Lipinski definition) is 6. The van der Waals surface area contributed by atoms with Gasteiger partial charge in [-0.1, -0.05) is 79.6 Å². The fourth-order valence-corrected chi connectivity index (χ4v) is 6.11. The summed E-state index contributed by atoms with van der Waals surface area (Å²) in [4.78, 5) is 31.8. The molecule has 0 bridgehead atoms. The molecule has 1 fully saturated rings. The average Bonchev–Trinajstić information content (AvgIpc) is 2.99. The number of amides is 2. The lowest BCUT2D eigenvalue weighted by molar-refractivity contribution is -0.146. The first-order valence-corrected chi connectivity index (χ1v) is 16.6. The third-order valence-corrected chi connectivity index (χ3v) is 8.67. The fraction of sp³-hybridized carbons (Fsp3) is 0.568. The van der Waals surface area contributed by atoms with Gasteiger partial charge >= 0.3 is 0 Å². The van der Waals surface area contributed by atoms with Gasteiger partial charge in [0.05, 0.1) is 18.6 Å². The van der Waals surface area contributed by atoms with E-state index in [4.69, 9.17) is 17.2 Å². The van der Waals surface area contributed by atoms with E-state index in [2.05, 4.69) is 81.3 Å². The molecule has 1 aliphatic rings. The number of hydrogen-bond donors (Lipinski definition) is 4. The third kappa shape index (κ3) is 10.7. The van der Waals surface area contributed by atoms with Crippen LogP contribution in [0.4, 0.5) is 0 Å². The van der Waals surface area contributed by atoms with E-state index in [0.29, 0.717) is 32.5 Å². The van der Waals surface area contributed by atoms with Crippen LogP contribution in [0.25, 0.3) is 0 Å². The number of carbonyl (C=O) groups is 2. The molecule has 0 aromatic heterocycles. The maximum Gasteiger partial charge on any atom is 0.240 e. The van der Waals surface area contributed by atoms with Gasteiger partial charge in [-0.15, -0.1) is 0 Å². The number of unbranched alkanes of at least 4 members (excludes halogenated alkanes) is 1. The monoisotopic (exact) mass is 616 g/mol. The molecule has 0 unspecified atom stereocenters. The molecule has 1 heterocycles. The van der Waals surface area contributed by atoms with Gasteiger partial charge in [-0.05, 0) is 82.2 Å². The Kier molecular flexibility index (Phi) is 14.1. The summed E-state index contributed by atoms with van der Waals surface area (Å²) in [5, 5.41) is 3.34. The smallest absolute Gasteiger partial charge is 0.240 e. The Bertz CT molecular complexity index is 1350. The predicted molar refractivity (Wildman–Crippen MR) is 185 cm³/mol. The zero-order chi connectivity index (χ0) is 33.1. The van der Waals surface area contributed by atoms with E-state index in [1.807, 2.05) is 23.6 Å². The molecule has 8 nitrogen and oxygen atoms in total. The van der Waals surface area contributed by atoms with Crippen LogP contribution in [0.1, 0.15) is 66.5 Å². The van der Waals surface area contributed by atoms with Gasteiger partial charge in [-0.25, -0.2) is 0 Å². The molecular weight excluding hydrogens is 560 g/mol. The molecular formula is C37H56N6O2. The summed E-state index contributed by atoms with van der Waals surface area (Å²) in [6.45, 7) is 15.2. The van der Waals surface area contributed by atoms with Gasteiger partial charge in [-0.3, -0.25) is 9.59 Å². The number of nitrogens with zero attached hydrogens (tertiary/aromatic N) is 2. The molecule has 7 N–H and O–H groups in total. The first-order chi connectivity index (χ1) is 21.4. The van der Waals surface area contributed by atoms with Gasteiger partial charge < -0.3 is 32.3 Å². The van der Waals surface area contributed by atoms with E-state index in [1.54, 1.807) is 0 Å². The highest BCUT2D eigenvalue weighted by Gasteiger charge is 2.40. The molecule has 0 spiro atoms. The number of piperazine rings is 1. The molecule has 1 saturated heterocycles. The third-order valence-electron chi connectivity index (χ3n) is 8.67. The van der Waals surface area contributed by atoms with Gasteiger partial charge in [0.25, 0.3) is 0 Å². The number of nitrogens with one attached hydrogen (secondary N) is 1. The van der Waals surface area contributed by atoms with Crippen molar-refractivity contribution >= 4 is 11.8 Å². The Morgan fingerprint density at radius 2 is 1.40 bits per heavy atom. The van der Waals surface area contributed by atoms with Gasteiger partial charge in [-0.2, -0.15) is 0 Å². The second kappa shape index (κ2) is 17.5. The largest absolute Gasteiger partial charge is 0.333 e. The maximum absolute atomic E-state index is 14.1. The molecule has 2 aromatic rings. The molecule has 2 amide bonds. The number of nitrogens with two attached hydrogens (primary N) is 3. The molecule has 8 heteroatoms. The summed E-state index contributed by atoms with van der Waals surface area (Å²) in [5.41, 5.74) is 25.6. The summed E-state index contributed by atoms with van der Waals surface area (Å²) < 4.78 is 0. The number of aryl methyl sites for hydroxylation is 4. The molecule has 0 aliphatic carbocycles. The van der Waals surface area contributed by atoms with Crippen molar-refractivity contribution in [3.63, 3.8) is 0 Å². The quantitative estimate of drug-likeness (QED) is 0.202. The normalized spacial score (nSPS) is 18.0. The average molecular weight is 617 g/mol. The van der Waals surface area contributed by atoms with Crippen molar-refractivity contribution in [2.24, 2.45) is 23.1 Å². The Labute approximate surface area is 271 Å². The molecule has 3 rings (SSSR count). The van der Waals surface area contributed by atoms with Crippen LogP contribution < -0.4 is 22.5 Å². The van der Waals surface area contributed by atoms with Crippen LogP contribution in [0.15, 0.2) is 36.4 Å².